The first-order valence-corrected chi connectivity index (χ1v) is 15.2. The second kappa shape index (κ2) is 9.54. The molecule has 0 radical (unpaired) electrons. The summed E-state index contributed by atoms with van der Waals surface area (Å²) in [5.41, 5.74) is -1.20. The Morgan fingerprint density at radius 3 is 2.45 bits per heavy atom. The van der Waals surface area contributed by atoms with Crippen LogP contribution in [0.5, 0.6) is 0 Å². The number of aliphatic hydroxyl groups is 2. The van der Waals surface area contributed by atoms with Crippen LogP contribution >= 0.6 is 11.5 Å². The van der Waals surface area contributed by atoms with E-state index in [0.717, 1.165) is 57.8 Å². The normalized spacial score (nSPS) is 37.5. The molecule has 5 fully saturated rings. The summed E-state index contributed by atoms with van der Waals surface area (Å²) in [5, 5.41) is 21.9. The van der Waals surface area contributed by atoms with Gasteiger partial charge in [-0.05, 0) is 67.1 Å². The number of fused-ring (bicyclic) bond motifs is 6. The zero-order valence-electron chi connectivity index (χ0n) is 21.9. The summed E-state index contributed by atoms with van der Waals surface area (Å²) in [6.45, 7) is 5.16. The number of nitrogens with zero attached hydrogens (tertiary/aromatic N) is 4. The maximum absolute atomic E-state index is 13.5. The summed E-state index contributed by atoms with van der Waals surface area (Å²) in [5.74, 6) is 0.862. The minimum Gasteiger partial charge on any atom is -0.393 e. The molecule has 9 heteroatoms. The highest BCUT2D eigenvalue weighted by Gasteiger charge is 2.68. The topological polar surface area (TPSA) is 97.2 Å². The molecular weight excluding hydrogens is 500 g/mol. The van der Waals surface area contributed by atoms with Gasteiger partial charge in [-0.1, -0.05) is 25.0 Å². The van der Waals surface area contributed by atoms with Crippen LogP contribution in [0, 0.1) is 35.5 Å². The Morgan fingerprint density at radius 2 is 1.68 bits per heavy atom. The number of aromatic nitrogens is 1. The highest BCUT2D eigenvalue weighted by molar-refractivity contribution is 7.13. The number of amides is 2. The molecule has 8 nitrogen and oxygen atoms in total. The number of piperazine rings is 1. The second-order valence-electron chi connectivity index (χ2n) is 12.5. The molecule has 3 heterocycles. The highest BCUT2D eigenvalue weighted by Crippen LogP contribution is 2.60. The zero-order chi connectivity index (χ0) is 26.0. The lowest BCUT2D eigenvalue weighted by atomic mass is 9.73. The van der Waals surface area contributed by atoms with Crippen LogP contribution in [0.3, 0.4) is 0 Å². The van der Waals surface area contributed by atoms with Gasteiger partial charge in [0.25, 0.3) is 0 Å². The number of carbonyl (C=O) groups is 2. The predicted octanol–water partition coefficient (Wildman–Crippen LogP) is 2.59. The Balaban J connectivity index is 0.991. The molecule has 204 valence electrons. The number of hydrogen-bond acceptors (Lipinski definition) is 8. The molecule has 3 aliphatic carbocycles. The molecule has 7 rings (SSSR count). The van der Waals surface area contributed by atoms with Gasteiger partial charge in [0.1, 0.15) is 5.82 Å². The van der Waals surface area contributed by atoms with Crippen molar-refractivity contribution in [2.45, 2.75) is 44.1 Å². The molecule has 3 saturated carbocycles. The first-order chi connectivity index (χ1) is 18.5. The van der Waals surface area contributed by atoms with E-state index in [1.165, 1.54) is 16.5 Å². The van der Waals surface area contributed by atoms with Gasteiger partial charge in [0.2, 0.25) is 11.8 Å². The number of rotatable bonds is 6. The number of likely N-dealkylation sites (tertiary alicyclic amines) is 1. The van der Waals surface area contributed by atoms with Crippen LogP contribution in [-0.2, 0) is 9.59 Å². The van der Waals surface area contributed by atoms with Gasteiger partial charge in [-0.2, -0.15) is 4.37 Å². The third-order valence-corrected chi connectivity index (χ3v) is 11.4. The van der Waals surface area contributed by atoms with Crippen LogP contribution < -0.4 is 4.90 Å². The van der Waals surface area contributed by atoms with Crippen molar-refractivity contribution >= 4 is 39.3 Å². The molecule has 2 aliphatic heterocycles. The van der Waals surface area contributed by atoms with Crippen LogP contribution in [0.1, 0.15) is 38.5 Å². The van der Waals surface area contributed by atoms with Crippen molar-refractivity contribution in [2.24, 2.45) is 35.5 Å². The first kappa shape index (κ1) is 24.9. The van der Waals surface area contributed by atoms with Crippen molar-refractivity contribution in [3.8, 4) is 0 Å². The number of benzene rings is 1. The number of aliphatic hydroxyl groups excluding tert-OH is 1. The Labute approximate surface area is 227 Å². The molecule has 38 heavy (non-hydrogen) atoms. The predicted molar refractivity (Wildman–Crippen MR) is 146 cm³/mol. The Kier molecular flexibility index (Phi) is 6.26. The van der Waals surface area contributed by atoms with Crippen molar-refractivity contribution in [3.63, 3.8) is 0 Å². The van der Waals surface area contributed by atoms with E-state index in [9.17, 15) is 19.8 Å². The zero-order valence-corrected chi connectivity index (χ0v) is 22.7. The molecule has 2 aromatic rings. The average Bonchev–Trinajstić information content (AvgIpc) is 3.68. The van der Waals surface area contributed by atoms with Crippen molar-refractivity contribution in [2.75, 3.05) is 50.8 Å². The number of hydrogen-bond donors (Lipinski definition) is 2. The molecule has 2 saturated heterocycles. The fourth-order valence-corrected chi connectivity index (χ4v) is 9.41. The van der Waals surface area contributed by atoms with Crippen molar-refractivity contribution < 1.29 is 19.8 Å². The van der Waals surface area contributed by atoms with Gasteiger partial charge in [-0.15, -0.1) is 0 Å². The molecule has 2 amide bonds. The van der Waals surface area contributed by atoms with Gasteiger partial charge in [0.05, 0.1) is 28.7 Å². The number of anilines is 1. The van der Waals surface area contributed by atoms with E-state index in [-0.39, 0.29) is 36.2 Å². The van der Waals surface area contributed by atoms with Gasteiger partial charge in [0.15, 0.2) is 0 Å². The molecule has 7 atom stereocenters. The lowest BCUT2D eigenvalue weighted by molar-refractivity contribution is -0.143. The Morgan fingerprint density at radius 1 is 0.974 bits per heavy atom. The summed E-state index contributed by atoms with van der Waals surface area (Å²) < 4.78 is 5.98. The molecule has 1 unspecified atom stereocenters. The van der Waals surface area contributed by atoms with E-state index in [0.29, 0.717) is 31.2 Å². The van der Waals surface area contributed by atoms with E-state index in [2.05, 4.69) is 34.1 Å². The van der Waals surface area contributed by atoms with Crippen molar-refractivity contribution in [1.29, 1.82) is 0 Å². The first-order valence-electron chi connectivity index (χ1n) is 14.5. The number of carbonyl (C=O) groups excluding carboxylic acids is 2. The third-order valence-electron chi connectivity index (χ3n) is 10.6. The standard InChI is InChI=1S/C29H38N4O4S/c34-17-29(37)14-20-13-22(29)25-24(20)27(35)33(28(25)36)16-19-6-2-1-5-18(19)15-31-9-11-32(12-10-31)26-21-7-3-4-8-23(21)38-30-26/h3-4,7-8,18-20,22,24-25,34,37H,1-2,5-6,9-17H2/t18-,19-,20-,22-,24-,25+,29?/m0/s1. The second-order valence-corrected chi connectivity index (χ2v) is 13.3. The fraction of sp³-hybridized carbons (Fsp3) is 0.690. The lowest BCUT2D eigenvalue weighted by Gasteiger charge is -2.40. The quantitative estimate of drug-likeness (QED) is 0.546. The van der Waals surface area contributed by atoms with Crippen LogP contribution in [0.25, 0.3) is 10.1 Å². The van der Waals surface area contributed by atoms with E-state index < -0.39 is 11.5 Å². The van der Waals surface area contributed by atoms with Crippen molar-refractivity contribution in [1.82, 2.24) is 14.2 Å². The van der Waals surface area contributed by atoms with Gasteiger partial charge in [-0.3, -0.25) is 19.4 Å². The monoisotopic (exact) mass is 538 g/mol. The van der Waals surface area contributed by atoms with E-state index in [4.69, 9.17) is 4.37 Å². The molecule has 5 aliphatic rings. The molecule has 1 aromatic heterocycles. The van der Waals surface area contributed by atoms with Crippen LogP contribution in [0.4, 0.5) is 5.82 Å². The summed E-state index contributed by atoms with van der Waals surface area (Å²) in [6, 6.07) is 8.45. The van der Waals surface area contributed by atoms with Gasteiger partial charge in [-0.25, -0.2) is 0 Å². The Hall–Kier alpha value is -2.07. The lowest BCUT2D eigenvalue weighted by Crippen LogP contribution is -2.50. The summed E-state index contributed by atoms with van der Waals surface area (Å²) in [6.07, 6.45) is 5.72. The Bertz CT molecular complexity index is 1230. The van der Waals surface area contributed by atoms with Crippen LogP contribution in [0.15, 0.2) is 24.3 Å². The summed E-state index contributed by atoms with van der Waals surface area (Å²) >= 11 is 1.57. The summed E-state index contributed by atoms with van der Waals surface area (Å²) in [7, 11) is 0. The van der Waals surface area contributed by atoms with Crippen LogP contribution in [-0.4, -0.2) is 87.7 Å². The SMILES string of the molecule is O=C1[C@H]2[C@H]3C[C@@H]([C@H]2C(=O)N1C[C@@H]1CCCC[C@H]1CN1CCN(c2nsc4ccccc24)CC1)C(O)(CO)C3. The fourth-order valence-electron chi connectivity index (χ4n) is 8.62. The van der Waals surface area contributed by atoms with E-state index >= 15 is 0 Å². The minimum atomic E-state index is -1.20. The molecular formula is C29H38N4O4S. The number of imide groups is 1. The average molecular weight is 539 g/mol. The van der Waals surface area contributed by atoms with Gasteiger partial charge < -0.3 is 15.1 Å². The van der Waals surface area contributed by atoms with E-state index in [1.807, 2.05) is 0 Å². The smallest absolute Gasteiger partial charge is 0.233 e. The maximum Gasteiger partial charge on any atom is 0.233 e. The van der Waals surface area contributed by atoms with Crippen LogP contribution in [0.2, 0.25) is 0 Å². The van der Waals surface area contributed by atoms with Gasteiger partial charge >= 0.3 is 0 Å². The van der Waals surface area contributed by atoms with Gasteiger partial charge in [0, 0.05) is 50.6 Å². The summed E-state index contributed by atoms with van der Waals surface area (Å²) in [4.78, 5) is 33.5. The maximum atomic E-state index is 13.5. The van der Waals surface area contributed by atoms with E-state index in [1.54, 1.807) is 16.4 Å². The molecule has 2 bridgehead atoms. The largest absolute Gasteiger partial charge is 0.393 e. The van der Waals surface area contributed by atoms with Crippen molar-refractivity contribution in [3.05, 3.63) is 24.3 Å². The highest BCUT2D eigenvalue weighted by atomic mass is 32.1. The third kappa shape index (κ3) is 3.92. The molecule has 2 N–H and O–H groups in total. The minimum absolute atomic E-state index is 0.0130. The molecule has 0 spiro atoms. The molecule has 1 aromatic carbocycles.